The number of carbonyl (C=O) groups is 2. The van der Waals surface area contributed by atoms with E-state index in [2.05, 4.69) is 19.2 Å². The van der Waals surface area contributed by atoms with Crippen LogP contribution >= 0.6 is 0 Å². The van der Waals surface area contributed by atoms with Crippen molar-refractivity contribution in [1.82, 2.24) is 0 Å². The Morgan fingerprint density at radius 3 is 2.74 bits per heavy atom. The maximum absolute atomic E-state index is 12.2. The zero-order chi connectivity index (χ0) is 16.4. The molecule has 1 aromatic rings. The van der Waals surface area contributed by atoms with E-state index in [0.29, 0.717) is 12.3 Å². The molecule has 1 heterocycles. The zero-order valence-corrected chi connectivity index (χ0v) is 14.1. The highest BCUT2D eigenvalue weighted by Crippen LogP contribution is 2.32. The second kappa shape index (κ2) is 6.73. The summed E-state index contributed by atoms with van der Waals surface area (Å²) in [7, 11) is 0. The Morgan fingerprint density at radius 1 is 1.30 bits per heavy atom. The highest BCUT2D eigenvalue weighted by Gasteiger charge is 2.27. The van der Waals surface area contributed by atoms with E-state index < -0.39 is 0 Å². The van der Waals surface area contributed by atoms with Gasteiger partial charge in [-0.05, 0) is 55.4 Å². The van der Waals surface area contributed by atoms with Crippen molar-refractivity contribution in [3.05, 3.63) is 23.8 Å². The number of fused-ring (bicyclic) bond motifs is 1. The molecule has 0 aromatic heterocycles. The van der Waals surface area contributed by atoms with Crippen molar-refractivity contribution in [2.75, 3.05) is 16.8 Å². The minimum Gasteiger partial charge on any atom is -0.326 e. The lowest BCUT2D eigenvalue weighted by atomic mass is 9.85. The molecule has 2 aliphatic rings. The summed E-state index contributed by atoms with van der Waals surface area (Å²) in [5, 5.41) is 3.03. The smallest absolute Gasteiger partial charge is 0.227 e. The van der Waals surface area contributed by atoms with E-state index in [1.54, 1.807) is 0 Å². The van der Waals surface area contributed by atoms with Gasteiger partial charge in [-0.15, -0.1) is 0 Å². The van der Waals surface area contributed by atoms with Crippen molar-refractivity contribution in [2.45, 2.75) is 52.4 Å². The van der Waals surface area contributed by atoms with Crippen molar-refractivity contribution in [3.63, 3.8) is 0 Å². The fraction of sp³-hybridized carbons (Fsp3) is 0.579. The number of carbonyl (C=O) groups excluding carboxylic acids is 2. The van der Waals surface area contributed by atoms with Gasteiger partial charge in [-0.1, -0.05) is 20.3 Å². The van der Waals surface area contributed by atoms with Crippen molar-refractivity contribution < 1.29 is 9.59 Å². The molecular formula is C19H26N2O2. The lowest BCUT2D eigenvalue weighted by Crippen LogP contribution is -2.36. The fourth-order valence-corrected chi connectivity index (χ4v) is 3.18. The number of benzene rings is 1. The molecule has 0 unspecified atom stereocenters. The number of hydrogen-bond acceptors (Lipinski definition) is 2. The quantitative estimate of drug-likeness (QED) is 0.900. The van der Waals surface area contributed by atoms with Gasteiger partial charge in [-0.25, -0.2) is 0 Å². The van der Waals surface area contributed by atoms with Crippen LogP contribution in [0.5, 0.6) is 0 Å². The highest BCUT2D eigenvalue weighted by molar-refractivity contribution is 5.98. The summed E-state index contributed by atoms with van der Waals surface area (Å²) in [6.07, 6.45) is 5.51. The summed E-state index contributed by atoms with van der Waals surface area (Å²) < 4.78 is 0. The van der Waals surface area contributed by atoms with Gasteiger partial charge >= 0.3 is 0 Å². The average Bonchev–Trinajstić information content (AvgIpc) is 2.44. The molecule has 0 spiro atoms. The van der Waals surface area contributed by atoms with E-state index >= 15 is 0 Å². The Balaban J connectivity index is 1.73. The normalized spacial score (nSPS) is 17.9. The summed E-state index contributed by atoms with van der Waals surface area (Å²) in [5.41, 5.74) is 3.04. The van der Waals surface area contributed by atoms with Crippen molar-refractivity contribution >= 4 is 23.2 Å². The number of nitrogens with one attached hydrogen (secondary N) is 1. The van der Waals surface area contributed by atoms with Crippen molar-refractivity contribution in [2.24, 2.45) is 11.8 Å². The molecule has 0 atom stereocenters. The van der Waals surface area contributed by atoms with Crippen LogP contribution in [-0.4, -0.2) is 18.4 Å². The molecule has 1 aliphatic carbocycles. The van der Waals surface area contributed by atoms with E-state index in [0.717, 1.165) is 50.0 Å². The molecule has 4 heteroatoms. The molecule has 1 aromatic carbocycles. The van der Waals surface area contributed by atoms with Gasteiger partial charge in [-0.2, -0.15) is 0 Å². The van der Waals surface area contributed by atoms with E-state index in [-0.39, 0.29) is 17.7 Å². The molecule has 124 valence electrons. The van der Waals surface area contributed by atoms with Crippen LogP contribution in [0.1, 0.15) is 51.5 Å². The lowest BCUT2D eigenvalue weighted by Gasteiger charge is -2.30. The monoisotopic (exact) mass is 314 g/mol. The molecule has 1 saturated carbocycles. The van der Waals surface area contributed by atoms with Crippen molar-refractivity contribution in [3.8, 4) is 0 Å². The number of rotatable bonds is 5. The van der Waals surface area contributed by atoms with Gasteiger partial charge in [0.25, 0.3) is 0 Å². The molecule has 0 saturated heterocycles. The predicted molar refractivity (Wildman–Crippen MR) is 92.5 cm³/mol. The second-order valence-corrected chi connectivity index (χ2v) is 7.19. The molecule has 0 radical (unpaired) electrons. The van der Waals surface area contributed by atoms with Gasteiger partial charge < -0.3 is 10.2 Å². The Labute approximate surface area is 138 Å². The topological polar surface area (TPSA) is 49.4 Å². The first-order valence-corrected chi connectivity index (χ1v) is 8.78. The summed E-state index contributed by atoms with van der Waals surface area (Å²) in [6.45, 7) is 5.13. The van der Waals surface area contributed by atoms with Gasteiger partial charge in [0.2, 0.25) is 11.8 Å². The van der Waals surface area contributed by atoms with Crippen molar-refractivity contribution in [1.29, 1.82) is 0 Å². The molecule has 23 heavy (non-hydrogen) atoms. The minimum atomic E-state index is 0.139. The molecule has 1 fully saturated rings. The number of amides is 2. The first-order valence-electron chi connectivity index (χ1n) is 8.78. The molecule has 1 N–H and O–H groups in total. The van der Waals surface area contributed by atoms with Crippen LogP contribution in [0.3, 0.4) is 0 Å². The number of hydrogen-bond donors (Lipinski definition) is 1. The third-order valence-corrected chi connectivity index (χ3v) is 4.95. The van der Waals surface area contributed by atoms with Crippen LogP contribution in [0.2, 0.25) is 0 Å². The van der Waals surface area contributed by atoms with Gasteiger partial charge in [0, 0.05) is 30.3 Å². The number of nitrogens with zero attached hydrogens (tertiary/aromatic N) is 1. The Kier molecular flexibility index (Phi) is 4.69. The maximum Gasteiger partial charge on any atom is 0.227 e. The maximum atomic E-state index is 12.2. The van der Waals surface area contributed by atoms with E-state index in [1.165, 1.54) is 5.56 Å². The average molecular weight is 314 g/mol. The summed E-state index contributed by atoms with van der Waals surface area (Å²) in [6, 6.07) is 5.96. The molecule has 2 amide bonds. The standard InChI is InChI=1S/C19H26N2O2/c1-13(2)10-11-21-17-8-7-16(12-15(17)6-9-18(21)22)20-19(23)14-4-3-5-14/h7-8,12-14H,3-6,9-11H2,1-2H3,(H,20,23). The summed E-state index contributed by atoms with van der Waals surface area (Å²) in [5.74, 6) is 1.12. The largest absolute Gasteiger partial charge is 0.326 e. The Bertz CT molecular complexity index is 605. The Morgan fingerprint density at radius 2 is 2.09 bits per heavy atom. The van der Waals surface area contributed by atoms with Crippen LogP contribution in [0.25, 0.3) is 0 Å². The second-order valence-electron chi connectivity index (χ2n) is 7.19. The summed E-state index contributed by atoms with van der Waals surface area (Å²) >= 11 is 0. The highest BCUT2D eigenvalue weighted by atomic mass is 16.2. The van der Waals surface area contributed by atoms with Crippen LogP contribution in [0.4, 0.5) is 11.4 Å². The number of anilines is 2. The van der Waals surface area contributed by atoms with Gasteiger partial charge in [-0.3, -0.25) is 9.59 Å². The van der Waals surface area contributed by atoms with Crippen LogP contribution in [0, 0.1) is 11.8 Å². The molecule has 1 aliphatic heterocycles. The third kappa shape index (κ3) is 3.57. The summed E-state index contributed by atoms with van der Waals surface area (Å²) in [4.78, 5) is 26.2. The first kappa shape index (κ1) is 16.0. The minimum absolute atomic E-state index is 0.139. The van der Waals surface area contributed by atoms with Gasteiger partial charge in [0.05, 0.1) is 0 Å². The SMILES string of the molecule is CC(C)CCN1C(=O)CCc2cc(NC(=O)C3CCC3)ccc21. The van der Waals surface area contributed by atoms with Gasteiger partial charge in [0.1, 0.15) is 0 Å². The van der Waals surface area contributed by atoms with E-state index in [1.807, 2.05) is 23.1 Å². The predicted octanol–water partition coefficient (Wildman–Crippen LogP) is 3.75. The molecule has 0 bridgehead atoms. The molecule has 3 rings (SSSR count). The van der Waals surface area contributed by atoms with E-state index in [9.17, 15) is 9.59 Å². The zero-order valence-electron chi connectivity index (χ0n) is 14.1. The van der Waals surface area contributed by atoms with E-state index in [4.69, 9.17) is 0 Å². The molecule has 4 nitrogen and oxygen atoms in total. The van der Waals surface area contributed by atoms with Gasteiger partial charge in [0.15, 0.2) is 0 Å². The Hall–Kier alpha value is -1.84. The van der Waals surface area contributed by atoms with Crippen LogP contribution in [-0.2, 0) is 16.0 Å². The van der Waals surface area contributed by atoms with Crippen LogP contribution in [0.15, 0.2) is 18.2 Å². The van der Waals surface area contributed by atoms with Crippen LogP contribution < -0.4 is 10.2 Å². The lowest BCUT2D eigenvalue weighted by molar-refractivity contribution is -0.122. The fourth-order valence-electron chi connectivity index (χ4n) is 3.18. The number of aryl methyl sites for hydroxylation is 1. The third-order valence-electron chi connectivity index (χ3n) is 4.95. The molecular weight excluding hydrogens is 288 g/mol. The first-order chi connectivity index (χ1) is 11.0.